The molecule has 1 aliphatic heterocycles. The number of ether oxygens (including phenoxy) is 1. The predicted octanol–water partition coefficient (Wildman–Crippen LogP) is -0.901. The van der Waals surface area contributed by atoms with Crippen LogP contribution in [0.15, 0.2) is 34.0 Å². The molecular weight excluding hydrogens is 517 g/mol. The highest BCUT2D eigenvalue weighted by Crippen LogP contribution is 2.67. The van der Waals surface area contributed by atoms with E-state index in [0.29, 0.717) is 0 Å². The Morgan fingerprint density at radius 3 is 2.24 bits per heavy atom. The Balaban J connectivity index is 2.00. The zero-order chi connectivity index (χ0) is 25.0. The summed E-state index contributed by atoms with van der Waals surface area (Å²) in [5.74, 6) is 0. The Kier molecular flexibility index (Phi) is 9.29. The van der Waals surface area contributed by atoms with Gasteiger partial charge in [-0.15, -0.1) is 0 Å². The van der Waals surface area contributed by atoms with E-state index in [1.807, 2.05) is 4.98 Å². The van der Waals surface area contributed by atoms with E-state index in [1.165, 1.54) is 12.2 Å². The van der Waals surface area contributed by atoms with Crippen LogP contribution >= 0.6 is 23.5 Å². The minimum Gasteiger partial charge on any atom is -0.387 e. The molecular formula is C13H21N2O15P3. The monoisotopic (exact) mass is 538 g/mol. The molecule has 0 bridgehead atoms. The van der Waals surface area contributed by atoms with Gasteiger partial charge in [-0.3, -0.25) is 23.4 Å². The Morgan fingerprint density at radius 2 is 1.67 bits per heavy atom. The van der Waals surface area contributed by atoms with E-state index in [4.69, 9.17) is 4.74 Å². The molecule has 33 heavy (non-hydrogen) atoms. The van der Waals surface area contributed by atoms with Gasteiger partial charge >= 0.3 is 29.2 Å². The quantitative estimate of drug-likeness (QED) is 0.147. The third-order valence-corrected chi connectivity index (χ3v) is 8.10. The van der Waals surface area contributed by atoms with Crippen LogP contribution in [0.2, 0.25) is 0 Å². The first-order chi connectivity index (χ1) is 15.2. The lowest BCUT2D eigenvalue weighted by molar-refractivity contribution is -0.0542. The summed E-state index contributed by atoms with van der Waals surface area (Å²) in [5.41, 5.74) is -1.72. The molecule has 0 amide bonds. The lowest BCUT2D eigenvalue weighted by Gasteiger charge is -2.20. The average molecular weight is 538 g/mol. The van der Waals surface area contributed by atoms with Gasteiger partial charge < -0.3 is 29.6 Å². The number of hydrogen-bond donors (Lipinski definition) is 6. The van der Waals surface area contributed by atoms with Crippen molar-refractivity contribution in [1.29, 1.82) is 0 Å². The first kappa shape index (κ1) is 28.0. The molecule has 0 aliphatic carbocycles. The second kappa shape index (κ2) is 11.0. The topological polar surface area (TPSA) is 253 Å². The minimum absolute atomic E-state index is 0.490. The molecule has 1 aliphatic rings. The fourth-order valence-corrected chi connectivity index (χ4v) is 5.91. The van der Waals surface area contributed by atoms with Crippen LogP contribution < -0.4 is 11.2 Å². The van der Waals surface area contributed by atoms with Crippen LogP contribution in [0.5, 0.6) is 0 Å². The van der Waals surface area contributed by atoms with Crippen LogP contribution in [0.25, 0.3) is 0 Å². The third-order valence-electron chi connectivity index (χ3n) is 3.85. The largest absolute Gasteiger partial charge is 0.490 e. The molecule has 7 atom stereocenters. The smallest absolute Gasteiger partial charge is 0.387 e. The van der Waals surface area contributed by atoms with Gasteiger partial charge in [0, 0.05) is 12.3 Å². The number of aliphatic hydroxyl groups excluding tert-OH is 2. The van der Waals surface area contributed by atoms with E-state index >= 15 is 0 Å². The molecule has 0 aromatic carbocycles. The van der Waals surface area contributed by atoms with E-state index in [1.54, 1.807) is 6.92 Å². The van der Waals surface area contributed by atoms with Crippen molar-refractivity contribution in [1.82, 2.24) is 9.55 Å². The van der Waals surface area contributed by atoms with Gasteiger partial charge in [0.1, 0.15) is 18.3 Å². The molecule has 20 heteroatoms. The second-order valence-electron chi connectivity index (χ2n) is 6.29. The van der Waals surface area contributed by atoms with Crippen molar-refractivity contribution in [3.63, 3.8) is 0 Å². The van der Waals surface area contributed by atoms with Gasteiger partial charge in [0.2, 0.25) is 0 Å². The van der Waals surface area contributed by atoms with E-state index in [2.05, 4.69) is 17.7 Å². The number of nitrogens with one attached hydrogen (secondary N) is 1. The Morgan fingerprint density at radius 1 is 1.06 bits per heavy atom. The summed E-state index contributed by atoms with van der Waals surface area (Å²) in [6.45, 7) is 0.0442. The summed E-state index contributed by atoms with van der Waals surface area (Å²) in [5, 5.41) is 20.1. The number of nitrogens with zero attached hydrogens (tertiary/aromatic N) is 1. The fraction of sp³-hybridized carbons (Fsp3) is 0.538. The number of hydrogen-bond acceptors (Lipinski definition) is 12. The van der Waals surface area contributed by atoms with Crippen molar-refractivity contribution in [2.75, 3.05) is 13.2 Å². The number of phosphoric ester groups is 2. The summed E-state index contributed by atoms with van der Waals surface area (Å²) >= 11 is 0. The number of aromatic nitrogens is 2. The van der Waals surface area contributed by atoms with Gasteiger partial charge in [-0.25, -0.2) is 18.5 Å². The Hall–Kier alpha value is -1.29. The number of phosphoric acid groups is 3. The molecule has 1 fully saturated rings. The fourth-order valence-electron chi connectivity index (χ4n) is 2.45. The standard InChI is InChI=1S/C13H21N2O15P3/c1-2-3-6-26-31(20,21)29-33(24,25)30-32(22,23)27-7-8-10(17)11(18)12(28-8)15-5-4-9(16)14-13(15)19/h2-5,8,10-12,17-18H,6-7H2,1H3,(H,20,21)(H,22,23)(H,24,25)(H,14,16,19)/b3-2+/t8-,10-,11-,12-/m1/s1. The first-order valence-corrected chi connectivity index (χ1v) is 13.3. The molecule has 0 saturated carbocycles. The Bertz CT molecular complexity index is 1110. The maximum atomic E-state index is 11.9. The zero-order valence-electron chi connectivity index (χ0n) is 16.6. The zero-order valence-corrected chi connectivity index (χ0v) is 19.3. The number of aliphatic hydroxyl groups is 2. The molecule has 1 aromatic heterocycles. The van der Waals surface area contributed by atoms with Crippen molar-refractivity contribution < 1.29 is 61.0 Å². The maximum Gasteiger partial charge on any atom is 0.490 e. The average Bonchev–Trinajstić information content (AvgIpc) is 2.93. The SMILES string of the molecule is C/C=C/COP(=O)(O)OP(=O)(O)OP(=O)(O)OC[C@H]1O[C@@H](n2ccc(=O)[nH]c2=O)[C@H](O)[C@@H]1O. The van der Waals surface area contributed by atoms with E-state index < -0.39 is 72.5 Å². The minimum atomic E-state index is -5.68. The van der Waals surface area contributed by atoms with Gasteiger partial charge in [-0.1, -0.05) is 12.2 Å². The van der Waals surface area contributed by atoms with Crippen LogP contribution in [-0.4, -0.2) is 66.0 Å². The summed E-state index contributed by atoms with van der Waals surface area (Å²) in [4.78, 5) is 53.3. The van der Waals surface area contributed by atoms with Crippen LogP contribution in [0.3, 0.4) is 0 Å². The van der Waals surface area contributed by atoms with Crippen molar-refractivity contribution in [3.8, 4) is 0 Å². The molecule has 2 heterocycles. The highest BCUT2D eigenvalue weighted by Gasteiger charge is 2.47. The van der Waals surface area contributed by atoms with E-state index in [-0.39, 0.29) is 0 Å². The molecule has 188 valence electrons. The lowest BCUT2D eigenvalue weighted by Crippen LogP contribution is -2.37. The number of allylic oxidation sites excluding steroid dienone is 1. The van der Waals surface area contributed by atoms with Crippen molar-refractivity contribution in [2.45, 2.75) is 31.5 Å². The number of rotatable bonds is 11. The van der Waals surface area contributed by atoms with Gasteiger partial charge in [-0.2, -0.15) is 8.62 Å². The molecule has 0 spiro atoms. The molecule has 2 rings (SSSR count). The summed E-state index contributed by atoms with van der Waals surface area (Å²) in [7, 11) is -16.3. The summed E-state index contributed by atoms with van der Waals surface area (Å²) < 4.78 is 57.7. The molecule has 1 aromatic rings. The second-order valence-corrected chi connectivity index (χ2v) is 10.9. The van der Waals surface area contributed by atoms with Crippen LogP contribution in [0.1, 0.15) is 13.2 Å². The summed E-state index contributed by atoms with van der Waals surface area (Å²) in [6, 6.07) is 0.935. The van der Waals surface area contributed by atoms with E-state index in [9.17, 15) is 48.2 Å². The molecule has 3 unspecified atom stereocenters. The highest BCUT2D eigenvalue weighted by atomic mass is 31.3. The van der Waals surface area contributed by atoms with Gasteiger partial charge in [-0.05, 0) is 6.92 Å². The third kappa shape index (κ3) is 8.16. The van der Waals surface area contributed by atoms with Crippen molar-refractivity contribution >= 4 is 23.5 Å². The predicted molar refractivity (Wildman–Crippen MR) is 106 cm³/mol. The van der Waals surface area contributed by atoms with Crippen LogP contribution in [-0.2, 0) is 36.1 Å². The van der Waals surface area contributed by atoms with Gasteiger partial charge in [0.05, 0.1) is 13.2 Å². The van der Waals surface area contributed by atoms with Gasteiger partial charge in [0.15, 0.2) is 6.23 Å². The molecule has 17 nitrogen and oxygen atoms in total. The number of aromatic amines is 1. The van der Waals surface area contributed by atoms with E-state index in [0.717, 1.165) is 16.8 Å². The molecule has 6 N–H and O–H groups in total. The molecule has 0 radical (unpaired) electrons. The lowest BCUT2D eigenvalue weighted by atomic mass is 10.1. The maximum absolute atomic E-state index is 11.9. The normalized spacial score (nSPS) is 28.9. The van der Waals surface area contributed by atoms with Crippen molar-refractivity contribution in [2.24, 2.45) is 0 Å². The van der Waals surface area contributed by atoms with Crippen LogP contribution in [0.4, 0.5) is 0 Å². The summed E-state index contributed by atoms with van der Waals surface area (Å²) in [6.07, 6.45) is -2.95. The number of H-pyrrole nitrogens is 1. The Labute approximate surface area is 184 Å². The highest BCUT2D eigenvalue weighted by molar-refractivity contribution is 7.66. The van der Waals surface area contributed by atoms with Crippen LogP contribution in [0, 0.1) is 0 Å². The molecule has 1 saturated heterocycles. The first-order valence-electron chi connectivity index (χ1n) is 8.81. The van der Waals surface area contributed by atoms with Gasteiger partial charge in [0.25, 0.3) is 5.56 Å². The van der Waals surface area contributed by atoms with Crippen molar-refractivity contribution in [3.05, 3.63) is 45.3 Å².